The Balaban J connectivity index is 1.85. The number of hydrogen-bond acceptors (Lipinski definition) is 1. The molecule has 3 nitrogen and oxygen atoms in total. The van der Waals surface area contributed by atoms with Crippen LogP contribution in [0.15, 0.2) is 29.1 Å². The third-order valence-corrected chi connectivity index (χ3v) is 7.15. The van der Waals surface area contributed by atoms with Crippen molar-refractivity contribution in [3.63, 3.8) is 0 Å². The van der Waals surface area contributed by atoms with E-state index < -0.39 is 11.7 Å². The number of hydrogen-bond donors (Lipinski definition) is 0. The summed E-state index contributed by atoms with van der Waals surface area (Å²) in [5.74, 6) is 0.181. The number of rotatable bonds is 2. The lowest BCUT2D eigenvalue weighted by atomic mass is 9.70. The van der Waals surface area contributed by atoms with Crippen LogP contribution in [0, 0.1) is 5.41 Å². The van der Waals surface area contributed by atoms with Crippen molar-refractivity contribution in [1.29, 1.82) is 0 Å². The third kappa shape index (κ3) is 1.98. The number of alkyl halides is 3. The van der Waals surface area contributed by atoms with Gasteiger partial charge >= 0.3 is 6.18 Å². The van der Waals surface area contributed by atoms with E-state index in [0.29, 0.717) is 0 Å². The molecule has 0 amide bonds. The van der Waals surface area contributed by atoms with E-state index in [-0.39, 0.29) is 34.4 Å². The van der Waals surface area contributed by atoms with E-state index in [4.69, 9.17) is 0 Å². The van der Waals surface area contributed by atoms with E-state index in [1.807, 2.05) is 4.68 Å². The van der Waals surface area contributed by atoms with E-state index in [9.17, 15) is 18.0 Å². The molecule has 0 spiro atoms. The van der Waals surface area contributed by atoms with Gasteiger partial charge in [-0.1, -0.05) is 39.0 Å². The Bertz CT molecular complexity index is 951. The minimum absolute atomic E-state index is 0.00243. The van der Waals surface area contributed by atoms with Crippen molar-refractivity contribution in [2.75, 3.05) is 0 Å². The molecule has 140 valence electrons. The molecule has 2 aliphatic rings. The van der Waals surface area contributed by atoms with Crippen LogP contribution in [0.4, 0.5) is 13.2 Å². The third-order valence-electron chi connectivity index (χ3n) is 7.15. The molecule has 2 aromatic rings. The summed E-state index contributed by atoms with van der Waals surface area (Å²) in [7, 11) is 1.80. The zero-order valence-electron chi connectivity index (χ0n) is 15.4. The Labute approximate surface area is 150 Å². The van der Waals surface area contributed by atoms with Crippen LogP contribution in [0.25, 0.3) is 0 Å². The van der Waals surface area contributed by atoms with Crippen molar-refractivity contribution in [2.45, 2.75) is 57.7 Å². The smallest absolute Gasteiger partial charge is 0.289 e. The van der Waals surface area contributed by atoms with Crippen LogP contribution >= 0.6 is 0 Å². The molecule has 0 N–H and O–H groups in total. The van der Waals surface area contributed by atoms with Gasteiger partial charge in [0.15, 0.2) is 0 Å². The number of benzene rings is 1. The highest BCUT2D eigenvalue weighted by atomic mass is 19.4. The molecule has 2 bridgehead atoms. The first kappa shape index (κ1) is 17.4. The SMILES string of the molecule is Cn1c2c(c(=O)n1Cc1ccccc1C(F)(F)F)C1CC[C@@]2(C)C1(C)C. The molecule has 1 unspecified atom stereocenters. The molecular weight excluding hydrogens is 341 g/mol. The van der Waals surface area contributed by atoms with Gasteiger partial charge in [0.05, 0.1) is 17.8 Å². The molecule has 6 heteroatoms. The summed E-state index contributed by atoms with van der Waals surface area (Å²) < 4.78 is 43.2. The fourth-order valence-electron chi connectivity index (χ4n) is 5.34. The minimum Gasteiger partial charge on any atom is -0.289 e. The van der Waals surface area contributed by atoms with Crippen molar-refractivity contribution in [3.8, 4) is 0 Å². The van der Waals surface area contributed by atoms with Crippen LogP contribution in [0.1, 0.15) is 61.9 Å². The van der Waals surface area contributed by atoms with Crippen LogP contribution in [0.2, 0.25) is 0 Å². The predicted molar refractivity (Wildman–Crippen MR) is 93.3 cm³/mol. The van der Waals surface area contributed by atoms with Gasteiger partial charge in [-0.05, 0) is 35.8 Å². The van der Waals surface area contributed by atoms with Crippen LogP contribution in [-0.2, 0) is 25.2 Å². The van der Waals surface area contributed by atoms with Crippen molar-refractivity contribution in [3.05, 3.63) is 57.0 Å². The summed E-state index contributed by atoms with van der Waals surface area (Å²) in [4.78, 5) is 13.1. The molecule has 1 fully saturated rings. The summed E-state index contributed by atoms with van der Waals surface area (Å²) in [6, 6.07) is 5.49. The molecule has 2 atom stereocenters. The summed E-state index contributed by atoms with van der Waals surface area (Å²) in [5, 5.41) is 0. The van der Waals surface area contributed by atoms with Gasteiger partial charge in [0.25, 0.3) is 5.56 Å². The van der Waals surface area contributed by atoms with Gasteiger partial charge in [0.2, 0.25) is 0 Å². The first-order chi connectivity index (χ1) is 12.0. The largest absolute Gasteiger partial charge is 0.416 e. The van der Waals surface area contributed by atoms with Crippen LogP contribution in [-0.4, -0.2) is 9.36 Å². The summed E-state index contributed by atoms with van der Waals surface area (Å²) in [5.41, 5.74) is 1.01. The fourth-order valence-corrected chi connectivity index (χ4v) is 5.34. The number of halogens is 3. The highest BCUT2D eigenvalue weighted by Gasteiger charge is 2.62. The molecule has 1 saturated carbocycles. The average Bonchev–Trinajstić information content (AvgIpc) is 3.00. The molecule has 2 aliphatic carbocycles. The average molecular weight is 364 g/mol. The number of nitrogens with zero attached hydrogens (tertiary/aromatic N) is 2. The number of aromatic nitrogens is 2. The van der Waals surface area contributed by atoms with Gasteiger partial charge in [0.1, 0.15) is 0 Å². The minimum atomic E-state index is -4.43. The van der Waals surface area contributed by atoms with E-state index in [2.05, 4.69) is 20.8 Å². The molecule has 1 heterocycles. The Morgan fingerprint density at radius 1 is 1.19 bits per heavy atom. The Morgan fingerprint density at radius 3 is 2.46 bits per heavy atom. The standard InChI is InChI=1S/C20H23F3N2O/c1-18(2)14-9-10-19(18,3)16-15(14)17(26)25(24(16)4)11-12-7-5-6-8-13(12)20(21,22)23/h5-8,14H,9-11H2,1-4H3/t14?,19-/m1/s1. The second kappa shape index (κ2) is 5.05. The topological polar surface area (TPSA) is 26.9 Å². The van der Waals surface area contributed by atoms with E-state index in [0.717, 1.165) is 30.2 Å². The maximum Gasteiger partial charge on any atom is 0.416 e. The van der Waals surface area contributed by atoms with Gasteiger partial charge in [-0.25, -0.2) is 4.68 Å². The van der Waals surface area contributed by atoms with E-state index in [1.54, 1.807) is 13.1 Å². The summed E-state index contributed by atoms with van der Waals surface area (Å²) in [6.45, 7) is 6.52. The summed E-state index contributed by atoms with van der Waals surface area (Å²) >= 11 is 0. The molecule has 26 heavy (non-hydrogen) atoms. The molecule has 0 aliphatic heterocycles. The fraction of sp³-hybridized carbons (Fsp3) is 0.550. The lowest BCUT2D eigenvalue weighted by Crippen LogP contribution is -2.35. The van der Waals surface area contributed by atoms with Crippen molar-refractivity contribution < 1.29 is 13.2 Å². The second-order valence-electron chi connectivity index (χ2n) is 8.45. The highest BCUT2D eigenvalue weighted by Crippen LogP contribution is 2.66. The Kier molecular flexibility index (Phi) is 3.39. The lowest BCUT2D eigenvalue weighted by Gasteiger charge is -2.36. The van der Waals surface area contributed by atoms with Crippen molar-refractivity contribution in [1.82, 2.24) is 9.36 Å². The second-order valence-corrected chi connectivity index (χ2v) is 8.45. The zero-order chi connectivity index (χ0) is 19.1. The van der Waals surface area contributed by atoms with E-state index >= 15 is 0 Å². The molecular formula is C20H23F3N2O. The lowest BCUT2D eigenvalue weighted by molar-refractivity contribution is -0.138. The summed E-state index contributed by atoms with van der Waals surface area (Å²) in [6.07, 6.45) is -2.45. The van der Waals surface area contributed by atoms with Crippen LogP contribution in [0.5, 0.6) is 0 Å². The normalized spacial score (nSPS) is 26.3. The molecule has 0 radical (unpaired) electrons. The predicted octanol–water partition coefficient (Wildman–Crippen LogP) is 4.43. The van der Waals surface area contributed by atoms with Crippen molar-refractivity contribution >= 4 is 0 Å². The maximum absolute atomic E-state index is 13.3. The van der Waals surface area contributed by atoms with Gasteiger partial charge in [-0.3, -0.25) is 9.48 Å². The van der Waals surface area contributed by atoms with Gasteiger partial charge < -0.3 is 0 Å². The quantitative estimate of drug-likeness (QED) is 0.774. The number of fused-ring (bicyclic) bond motifs is 5. The maximum atomic E-state index is 13.3. The Morgan fingerprint density at radius 2 is 1.85 bits per heavy atom. The van der Waals surface area contributed by atoms with Crippen LogP contribution in [0.3, 0.4) is 0 Å². The van der Waals surface area contributed by atoms with Crippen LogP contribution < -0.4 is 5.56 Å². The molecule has 4 rings (SSSR count). The zero-order valence-corrected chi connectivity index (χ0v) is 15.4. The first-order valence-corrected chi connectivity index (χ1v) is 8.95. The monoisotopic (exact) mass is 364 g/mol. The van der Waals surface area contributed by atoms with E-state index in [1.165, 1.54) is 16.8 Å². The Hall–Kier alpha value is -1.98. The highest BCUT2D eigenvalue weighted by molar-refractivity contribution is 5.45. The van der Waals surface area contributed by atoms with Gasteiger partial charge in [-0.15, -0.1) is 0 Å². The van der Waals surface area contributed by atoms with Gasteiger partial charge in [0, 0.05) is 18.0 Å². The molecule has 0 saturated heterocycles. The first-order valence-electron chi connectivity index (χ1n) is 8.95. The molecule has 1 aromatic carbocycles. The molecule has 1 aromatic heterocycles. The van der Waals surface area contributed by atoms with Gasteiger partial charge in [-0.2, -0.15) is 13.2 Å². The van der Waals surface area contributed by atoms with Crippen molar-refractivity contribution in [2.24, 2.45) is 12.5 Å².